The Kier molecular flexibility index (Phi) is 5.80. The summed E-state index contributed by atoms with van der Waals surface area (Å²) in [5.74, 6) is 0.335. The van der Waals surface area contributed by atoms with Gasteiger partial charge in [-0.05, 0) is 43.0 Å². The molecule has 158 valence electrons. The van der Waals surface area contributed by atoms with Crippen LogP contribution < -0.4 is 16.2 Å². The summed E-state index contributed by atoms with van der Waals surface area (Å²) in [4.78, 5) is 29.6. The van der Waals surface area contributed by atoms with Gasteiger partial charge < -0.3 is 19.9 Å². The lowest BCUT2D eigenvalue weighted by molar-refractivity contribution is 0.133. The molecule has 1 saturated heterocycles. The van der Waals surface area contributed by atoms with Crippen LogP contribution in [0, 0.1) is 5.82 Å². The molecule has 2 aromatic rings. The smallest absolute Gasteiger partial charge is 0.415 e. The number of aryl methyl sites for hydroxylation is 2. The molecule has 2 aliphatic rings. The molecule has 1 amide bonds. The second-order valence-corrected chi connectivity index (χ2v) is 7.35. The molecule has 30 heavy (non-hydrogen) atoms. The standard InChI is InChI=1S/C21H24FN5O3/c1-26-19(28)7-5-14-4-6-17(22)16(20(14)26)3-2-8-23-11-15-13-27(21(29)30-15)18-12-24-9-10-25-18/h4-7,9,12,15,23,25H,2-3,8,10-11,13H2,1H3/t15-/m0/s1. The zero-order valence-electron chi connectivity index (χ0n) is 16.7. The van der Waals surface area contributed by atoms with Crippen LogP contribution in [0.5, 0.6) is 0 Å². The summed E-state index contributed by atoms with van der Waals surface area (Å²) in [7, 11) is 1.66. The largest absolute Gasteiger partial charge is 0.443 e. The van der Waals surface area contributed by atoms with Crippen LogP contribution >= 0.6 is 0 Å². The van der Waals surface area contributed by atoms with Crippen LogP contribution in [-0.4, -0.2) is 54.1 Å². The van der Waals surface area contributed by atoms with E-state index in [0.29, 0.717) is 55.9 Å². The summed E-state index contributed by atoms with van der Waals surface area (Å²) in [5.41, 5.74) is 1.02. The normalized spacial score (nSPS) is 18.5. The number of nitrogens with zero attached hydrogens (tertiary/aromatic N) is 3. The number of aliphatic imine (C=N–C) groups is 1. The quantitative estimate of drug-likeness (QED) is 0.672. The molecule has 4 rings (SSSR count). The highest BCUT2D eigenvalue weighted by Crippen LogP contribution is 2.21. The van der Waals surface area contributed by atoms with Crippen molar-refractivity contribution in [2.45, 2.75) is 18.9 Å². The highest BCUT2D eigenvalue weighted by molar-refractivity contribution is 5.82. The molecule has 0 unspecified atom stereocenters. The molecular formula is C21H24FN5O3. The molecule has 9 heteroatoms. The van der Waals surface area contributed by atoms with Crippen molar-refractivity contribution < 1.29 is 13.9 Å². The maximum atomic E-state index is 14.4. The Balaban J connectivity index is 1.30. The molecule has 0 radical (unpaired) electrons. The molecule has 1 aromatic carbocycles. The van der Waals surface area contributed by atoms with Gasteiger partial charge in [0.05, 0.1) is 24.8 Å². The fraction of sp³-hybridized carbons (Fsp3) is 0.381. The predicted molar refractivity (Wildman–Crippen MR) is 112 cm³/mol. The van der Waals surface area contributed by atoms with Gasteiger partial charge in [0.15, 0.2) is 0 Å². The van der Waals surface area contributed by atoms with E-state index in [1.54, 1.807) is 31.6 Å². The fourth-order valence-electron chi connectivity index (χ4n) is 3.80. The van der Waals surface area contributed by atoms with Gasteiger partial charge in [-0.1, -0.05) is 0 Å². The van der Waals surface area contributed by atoms with Gasteiger partial charge in [-0.2, -0.15) is 0 Å². The van der Waals surface area contributed by atoms with Crippen molar-refractivity contribution >= 4 is 23.2 Å². The lowest BCUT2D eigenvalue weighted by atomic mass is 10.0. The first-order chi connectivity index (χ1) is 14.5. The number of carbonyl (C=O) groups is 1. The highest BCUT2D eigenvalue weighted by atomic mass is 19.1. The zero-order valence-corrected chi connectivity index (χ0v) is 16.7. The zero-order chi connectivity index (χ0) is 21.1. The molecule has 1 fully saturated rings. The van der Waals surface area contributed by atoms with Crippen LogP contribution in [0.25, 0.3) is 10.9 Å². The molecule has 3 heterocycles. The molecule has 0 bridgehead atoms. The van der Waals surface area contributed by atoms with Crippen molar-refractivity contribution in [1.82, 2.24) is 20.1 Å². The lowest BCUT2D eigenvalue weighted by Gasteiger charge is -2.19. The number of benzene rings is 1. The minimum absolute atomic E-state index is 0.159. The lowest BCUT2D eigenvalue weighted by Crippen LogP contribution is -2.36. The van der Waals surface area contributed by atoms with E-state index in [2.05, 4.69) is 15.6 Å². The van der Waals surface area contributed by atoms with Gasteiger partial charge in [0.25, 0.3) is 5.56 Å². The van der Waals surface area contributed by atoms with E-state index in [4.69, 9.17) is 4.74 Å². The highest BCUT2D eigenvalue weighted by Gasteiger charge is 2.33. The van der Waals surface area contributed by atoms with E-state index in [1.165, 1.54) is 21.6 Å². The SMILES string of the molecule is Cn1c(=O)ccc2ccc(F)c(CCCNC[C@H]3CN(C4=CN=CCN4)C(=O)O3)c21. The molecule has 8 nitrogen and oxygen atoms in total. The minimum Gasteiger partial charge on any atom is -0.443 e. The monoisotopic (exact) mass is 413 g/mol. The van der Waals surface area contributed by atoms with Crippen LogP contribution in [0.4, 0.5) is 9.18 Å². The molecule has 0 spiro atoms. The number of rotatable bonds is 7. The summed E-state index contributed by atoms with van der Waals surface area (Å²) < 4.78 is 21.3. The Morgan fingerprint density at radius 3 is 2.93 bits per heavy atom. The van der Waals surface area contributed by atoms with Crippen molar-refractivity contribution in [3.63, 3.8) is 0 Å². The molecule has 2 N–H and O–H groups in total. The molecule has 0 saturated carbocycles. The minimum atomic E-state index is -0.392. The third-order valence-corrected chi connectivity index (χ3v) is 5.32. The molecule has 2 aliphatic heterocycles. The summed E-state index contributed by atoms with van der Waals surface area (Å²) in [5, 5.41) is 7.20. The second-order valence-electron chi connectivity index (χ2n) is 7.35. The third-order valence-electron chi connectivity index (χ3n) is 5.32. The van der Waals surface area contributed by atoms with E-state index in [9.17, 15) is 14.0 Å². The first kappa shape index (κ1) is 20.1. The third kappa shape index (κ3) is 4.06. The number of carbonyl (C=O) groups excluding carboxylic acids is 1. The van der Waals surface area contributed by atoms with Gasteiger partial charge in [0, 0.05) is 31.4 Å². The van der Waals surface area contributed by atoms with E-state index >= 15 is 0 Å². The average Bonchev–Trinajstić information content (AvgIpc) is 3.13. The Morgan fingerprint density at radius 1 is 1.30 bits per heavy atom. The number of ether oxygens (including phenoxy) is 1. The maximum absolute atomic E-state index is 14.4. The van der Waals surface area contributed by atoms with Crippen LogP contribution in [0.2, 0.25) is 0 Å². The molecule has 0 aliphatic carbocycles. The van der Waals surface area contributed by atoms with Crippen LogP contribution in [0.3, 0.4) is 0 Å². The molecule has 1 aromatic heterocycles. The predicted octanol–water partition coefficient (Wildman–Crippen LogP) is 1.49. The number of cyclic esters (lactones) is 1. The van der Waals surface area contributed by atoms with Crippen LogP contribution in [0.1, 0.15) is 12.0 Å². The van der Waals surface area contributed by atoms with Gasteiger partial charge in [0.1, 0.15) is 17.7 Å². The topological polar surface area (TPSA) is 88.0 Å². The van der Waals surface area contributed by atoms with Gasteiger partial charge in [0.2, 0.25) is 0 Å². The van der Waals surface area contributed by atoms with E-state index in [0.717, 1.165) is 5.39 Å². The molecular weight excluding hydrogens is 389 g/mol. The van der Waals surface area contributed by atoms with Crippen molar-refractivity contribution in [3.05, 3.63) is 58.0 Å². The number of pyridine rings is 1. The van der Waals surface area contributed by atoms with Crippen LogP contribution in [-0.2, 0) is 18.2 Å². The molecule has 1 atom stereocenters. The van der Waals surface area contributed by atoms with Gasteiger partial charge in [-0.25, -0.2) is 9.18 Å². The van der Waals surface area contributed by atoms with Gasteiger partial charge >= 0.3 is 6.09 Å². The summed E-state index contributed by atoms with van der Waals surface area (Å²) >= 11 is 0. The Morgan fingerprint density at radius 2 is 2.13 bits per heavy atom. The number of fused-ring (bicyclic) bond motifs is 1. The maximum Gasteiger partial charge on any atom is 0.415 e. The van der Waals surface area contributed by atoms with E-state index < -0.39 is 6.09 Å². The van der Waals surface area contributed by atoms with Gasteiger partial charge in [-0.15, -0.1) is 0 Å². The summed E-state index contributed by atoms with van der Waals surface area (Å²) in [6.45, 7) is 2.17. The van der Waals surface area contributed by atoms with Gasteiger partial charge in [-0.3, -0.25) is 14.7 Å². The fourth-order valence-corrected chi connectivity index (χ4v) is 3.80. The summed E-state index contributed by atoms with van der Waals surface area (Å²) in [6.07, 6.45) is 3.86. The van der Waals surface area contributed by atoms with Crippen LogP contribution in [0.15, 0.2) is 46.1 Å². The number of halogens is 1. The van der Waals surface area contributed by atoms with Crippen molar-refractivity contribution in [3.8, 4) is 0 Å². The Hall–Kier alpha value is -3.20. The van der Waals surface area contributed by atoms with E-state index in [1.807, 2.05) is 0 Å². The number of hydrogen-bond donors (Lipinski definition) is 2. The number of aromatic nitrogens is 1. The first-order valence-corrected chi connectivity index (χ1v) is 9.96. The number of hydrogen-bond acceptors (Lipinski definition) is 6. The van der Waals surface area contributed by atoms with Crippen molar-refractivity contribution in [2.24, 2.45) is 12.0 Å². The first-order valence-electron chi connectivity index (χ1n) is 9.96. The van der Waals surface area contributed by atoms with E-state index in [-0.39, 0.29) is 17.5 Å². The Bertz CT molecular complexity index is 1080. The number of nitrogens with one attached hydrogen (secondary N) is 2. The number of amides is 1. The Labute approximate surface area is 173 Å². The second kappa shape index (κ2) is 8.66. The summed E-state index contributed by atoms with van der Waals surface area (Å²) in [6, 6.07) is 6.35. The average molecular weight is 413 g/mol. The van der Waals surface area contributed by atoms with Crippen molar-refractivity contribution in [2.75, 3.05) is 26.2 Å². The van der Waals surface area contributed by atoms with Crippen molar-refractivity contribution in [1.29, 1.82) is 0 Å².